The summed E-state index contributed by atoms with van der Waals surface area (Å²) in [6, 6.07) is 0. The van der Waals surface area contributed by atoms with Gasteiger partial charge in [-0.3, -0.25) is 0 Å². The van der Waals surface area contributed by atoms with E-state index in [0.717, 1.165) is 18.0 Å². The van der Waals surface area contributed by atoms with Crippen molar-refractivity contribution in [2.45, 2.75) is 19.3 Å². The minimum atomic E-state index is -3.38. The third-order valence-corrected chi connectivity index (χ3v) is 4.19. The van der Waals surface area contributed by atoms with Gasteiger partial charge in [0.2, 0.25) is 0 Å². The lowest BCUT2D eigenvalue weighted by atomic mass is 10.2. The second-order valence-electron chi connectivity index (χ2n) is 4.13. The van der Waals surface area contributed by atoms with E-state index in [1.54, 1.807) is 6.20 Å². The first kappa shape index (κ1) is 10.6. The van der Waals surface area contributed by atoms with Gasteiger partial charge in [0.25, 0.3) is 0 Å². The van der Waals surface area contributed by atoms with Crippen molar-refractivity contribution in [3.8, 4) is 0 Å². The van der Waals surface area contributed by atoms with E-state index in [-0.39, 0.29) is 0 Å². The van der Waals surface area contributed by atoms with Gasteiger partial charge in [-0.25, -0.2) is 8.96 Å². The molecule has 6 heteroatoms. The van der Waals surface area contributed by atoms with E-state index in [0.29, 0.717) is 0 Å². The van der Waals surface area contributed by atoms with Gasteiger partial charge < -0.3 is 0 Å². The average molecular weight is 229 g/mol. The molecule has 0 aromatic carbocycles. The highest BCUT2D eigenvalue weighted by Crippen LogP contribution is 2.32. The third kappa shape index (κ3) is 2.21. The maximum Gasteiger partial charge on any atom is 0.308 e. The van der Waals surface area contributed by atoms with Crippen molar-refractivity contribution in [2.75, 3.05) is 14.1 Å². The van der Waals surface area contributed by atoms with Crippen LogP contribution in [0.25, 0.3) is 0 Å². The Kier molecular flexibility index (Phi) is 2.56. The fourth-order valence-electron chi connectivity index (χ4n) is 1.38. The van der Waals surface area contributed by atoms with E-state index >= 15 is 0 Å². The average Bonchev–Trinajstić information content (AvgIpc) is 2.81. The number of imidazole rings is 1. The minimum Gasteiger partial charge on any atom is -0.241 e. The predicted molar refractivity (Wildman–Crippen MR) is 56.7 cm³/mol. The van der Waals surface area contributed by atoms with Crippen molar-refractivity contribution in [1.82, 2.24) is 13.3 Å². The van der Waals surface area contributed by atoms with Gasteiger partial charge in [0, 0.05) is 20.3 Å². The standard InChI is InChI=1S/C9H15N3O2S/c1-11(2)15(13,14)12-6-9(10-7-12)5-8-3-4-8/h6-8H,3-5H2,1-2H3. The zero-order valence-corrected chi connectivity index (χ0v) is 9.74. The molecule has 2 rings (SSSR count). The van der Waals surface area contributed by atoms with Crippen LogP contribution in [0.1, 0.15) is 18.5 Å². The highest BCUT2D eigenvalue weighted by molar-refractivity contribution is 7.87. The quantitative estimate of drug-likeness (QED) is 0.755. The molecule has 0 radical (unpaired) electrons. The van der Waals surface area contributed by atoms with Gasteiger partial charge in [0.15, 0.2) is 0 Å². The van der Waals surface area contributed by atoms with Gasteiger partial charge >= 0.3 is 10.2 Å². The van der Waals surface area contributed by atoms with E-state index in [1.807, 2.05) is 0 Å². The maximum atomic E-state index is 11.7. The maximum absolute atomic E-state index is 11.7. The molecular weight excluding hydrogens is 214 g/mol. The van der Waals surface area contributed by atoms with Gasteiger partial charge in [0.05, 0.1) is 5.69 Å². The first-order valence-corrected chi connectivity index (χ1v) is 6.36. The Morgan fingerprint density at radius 2 is 2.20 bits per heavy atom. The molecule has 1 saturated carbocycles. The minimum absolute atomic E-state index is 0.718. The molecular formula is C9H15N3O2S. The van der Waals surface area contributed by atoms with Crippen LogP contribution in [0.15, 0.2) is 12.5 Å². The van der Waals surface area contributed by atoms with Crippen molar-refractivity contribution in [2.24, 2.45) is 5.92 Å². The van der Waals surface area contributed by atoms with E-state index in [9.17, 15) is 8.42 Å². The molecule has 15 heavy (non-hydrogen) atoms. The lowest BCUT2D eigenvalue weighted by molar-refractivity contribution is 0.510. The van der Waals surface area contributed by atoms with Crippen LogP contribution in [0, 0.1) is 5.92 Å². The molecule has 0 amide bonds. The zero-order valence-electron chi connectivity index (χ0n) is 8.92. The summed E-state index contributed by atoms with van der Waals surface area (Å²) in [7, 11) is -0.364. The fourth-order valence-corrected chi connectivity index (χ4v) is 2.18. The molecule has 0 bridgehead atoms. The van der Waals surface area contributed by atoms with Crippen LogP contribution in [0.4, 0.5) is 0 Å². The van der Waals surface area contributed by atoms with Crippen molar-refractivity contribution in [3.05, 3.63) is 18.2 Å². The van der Waals surface area contributed by atoms with Crippen molar-refractivity contribution in [3.63, 3.8) is 0 Å². The van der Waals surface area contributed by atoms with Gasteiger partial charge in [-0.15, -0.1) is 0 Å². The van der Waals surface area contributed by atoms with Crippen molar-refractivity contribution >= 4 is 10.2 Å². The monoisotopic (exact) mass is 229 g/mol. The Morgan fingerprint density at radius 1 is 1.53 bits per heavy atom. The van der Waals surface area contributed by atoms with Crippen LogP contribution < -0.4 is 0 Å². The summed E-state index contributed by atoms with van der Waals surface area (Å²) in [6.45, 7) is 0. The molecule has 1 fully saturated rings. The molecule has 0 unspecified atom stereocenters. The normalized spacial score (nSPS) is 17.3. The predicted octanol–water partition coefficient (Wildman–Crippen LogP) is 0.490. The number of nitrogens with zero attached hydrogens (tertiary/aromatic N) is 3. The van der Waals surface area contributed by atoms with Gasteiger partial charge in [-0.2, -0.15) is 12.7 Å². The van der Waals surface area contributed by atoms with E-state index in [4.69, 9.17) is 0 Å². The van der Waals surface area contributed by atoms with Crippen LogP contribution in [0.2, 0.25) is 0 Å². The van der Waals surface area contributed by atoms with E-state index < -0.39 is 10.2 Å². The third-order valence-electron chi connectivity index (χ3n) is 2.54. The topological polar surface area (TPSA) is 55.2 Å². The Balaban J connectivity index is 2.18. The summed E-state index contributed by atoms with van der Waals surface area (Å²) in [5.74, 6) is 0.718. The molecule has 5 nitrogen and oxygen atoms in total. The Hall–Kier alpha value is -0.880. The summed E-state index contributed by atoms with van der Waals surface area (Å²) < 4.78 is 25.7. The molecule has 1 aromatic heterocycles. The SMILES string of the molecule is CN(C)S(=O)(=O)n1cnc(CC2CC2)c1. The summed E-state index contributed by atoms with van der Waals surface area (Å²) in [5, 5.41) is 0. The highest BCUT2D eigenvalue weighted by Gasteiger charge is 2.23. The first-order chi connectivity index (χ1) is 7.00. The second-order valence-corrected chi connectivity index (χ2v) is 6.18. The summed E-state index contributed by atoms with van der Waals surface area (Å²) in [5.41, 5.74) is 0.864. The number of rotatable bonds is 4. The van der Waals surface area contributed by atoms with E-state index in [2.05, 4.69) is 4.98 Å². The Morgan fingerprint density at radius 3 is 2.73 bits per heavy atom. The van der Waals surface area contributed by atoms with Crippen molar-refractivity contribution < 1.29 is 8.42 Å². The lowest BCUT2D eigenvalue weighted by Crippen LogP contribution is -2.27. The van der Waals surface area contributed by atoms with Crippen LogP contribution >= 0.6 is 0 Å². The molecule has 84 valence electrons. The molecule has 0 N–H and O–H groups in total. The molecule has 0 spiro atoms. The summed E-state index contributed by atoms with van der Waals surface area (Å²) >= 11 is 0. The van der Waals surface area contributed by atoms with Crippen molar-refractivity contribution in [1.29, 1.82) is 0 Å². The summed E-state index contributed by atoms with van der Waals surface area (Å²) in [6.07, 6.45) is 6.36. The fraction of sp³-hybridized carbons (Fsp3) is 0.667. The molecule has 0 aliphatic heterocycles. The highest BCUT2D eigenvalue weighted by atomic mass is 32.2. The smallest absolute Gasteiger partial charge is 0.241 e. The van der Waals surface area contributed by atoms with Crippen LogP contribution in [-0.4, -0.2) is 35.8 Å². The molecule has 0 saturated heterocycles. The molecule has 1 aromatic rings. The van der Waals surface area contributed by atoms with Crippen LogP contribution in [-0.2, 0) is 16.6 Å². The van der Waals surface area contributed by atoms with Gasteiger partial charge in [-0.05, 0) is 25.2 Å². The lowest BCUT2D eigenvalue weighted by Gasteiger charge is -2.10. The largest absolute Gasteiger partial charge is 0.308 e. The first-order valence-electron chi connectivity index (χ1n) is 4.96. The second kappa shape index (κ2) is 3.61. The molecule has 1 aliphatic rings. The molecule has 1 aliphatic carbocycles. The molecule has 1 heterocycles. The van der Waals surface area contributed by atoms with Crippen LogP contribution in [0.5, 0.6) is 0 Å². The van der Waals surface area contributed by atoms with Crippen LogP contribution in [0.3, 0.4) is 0 Å². The zero-order chi connectivity index (χ0) is 11.1. The number of hydrogen-bond donors (Lipinski definition) is 0. The van der Waals surface area contributed by atoms with Gasteiger partial charge in [0.1, 0.15) is 6.33 Å². The number of aromatic nitrogens is 2. The Bertz CT molecular complexity index is 446. The summed E-state index contributed by atoms with van der Waals surface area (Å²) in [4.78, 5) is 4.10. The molecule has 0 atom stereocenters. The Labute approximate surface area is 89.9 Å². The van der Waals surface area contributed by atoms with Gasteiger partial charge in [-0.1, -0.05) is 0 Å². The van der Waals surface area contributed by atoms with E-state index in [1.165, 1.54) is 41.5 Å². The number of hydrogen-bond acceptors (Lipinski definition) is 3.